The van der Waals surface area contributed by atoms with Crippen LogP contribution in [0.5, 0.6) is 0 Å². The van der Waals surface area contributed by atoms with Crippen LogP contribution in [-0.4, -0.2) is 22.1 Å². The molecule has 2 aromatic rings. The van der Waals surface area contributed by atoms with Gasteiger partial charge in [-0.2, -0.15) is 4.98 Å². The molecule has 19 heavy (non-hydrogen) atoms. The van der Waals surface area contributed by atoms with Gasteiger partial charge in [-0.05, 0) is 24.7 Å². The van der Waals surface area contributed by atoms with E-state index in [1.165, 1.54) is 12.1 Å². The fraction of sp³-hybridized carbons (Fsp3) is 0.333. The maximum Gasteiger partial charge on any atom is 0.240 e. The zero-order valence-corrected chi connectivity index (χ0v) is 11.2. The van der Waals surface area contributed by atoms with Gasteiger partial charge in [-0.3, -0.25) is 4.90 Å². The summed E-state index contributed by atoms with van der Waals surface area (Å²) in [5, 5.41) is 4.21. The maximum atomic E-state index is 12.9. The summed E-state index contributed by atoms with van der Waals surface area (Å²) < 4.78 is 17.8. The van der Waals surface area contributed by atoms with E-state index < -0.39 is 0 Å². The molecule has 0 bridgehead atoms. The van der Waals surface area contributed by atoms with Gasteiger partial charge in [-0.25, -0.2) is 4.39 Å². The van der Waals surface area contributed by atoms with Crippen LogP contribution in [0.1, 0.15) is 17.3 Å². The molecule has 0 amide bonds. The number of halogens is 2. The summed E-state index contributed by atoms with van der Waals surface area (Å²) in [6, 6.07) is 4.34. The molecular weight excluding hydrogens is 271 g/mol. The minimum atomic E-state index is -0.345. The van der Waals surface area contributed by atoms with Crippen molar-refractivity contribution in [1.82, 2.24) is 15.0 Å². The van der Waals surface area contributed by atoms with E-state index in [0.29, 0.717) is 29.8 Å². The van der Waals surface area contributed by atoms with Crippen molar-refractivity contribution in [2.45, 2.75) is 19.6 Å². The Morgan fingerprint density at radius 1 is 1.42 bits per heavy atom. The standard InChI is InChI=1S/C12H14ClFN4O/c1-18(7-11-16-12(5-15)19-17-11)6-8-2-3-9(14)4-10(8)13/h2-4H,5-7,15H2,1H3. The Labute approximate surface area is 115 Å². The summed E-state index contributed by atoms with van der Waals surface area (Å²) in [6.07, 6.45) is 0. The molecule has 0 saturated heterocycles. The van der Waals surface area contributed by atoms with Crippen molar-refractivity contribution in [2.75, 3.05) is 7.05 Å². The molecule has 0 saturated carbocycles. The van der Waals surface area contributed by atoms with Crippen LogP contribution in [0.25, 0.3) is 0 Å². The molecule has 1 heterocycles. The van der Waals surface area contributed by atoms with Gasteiger partial charge in [0.15, 0.2) is 5.82 Å². The van der Waals surface area contributed by atoms with E-state index in [2.05, 4.69) is 10.1 Å². The van der Waals surface area contributed by atoms with Crippen LogP contribution in [0.4, 0.5) is 4.39 Å². The highest BCUT2D eigenvalue weighted by Gasteiger charge is 2.10. The van der Waals surface area contributed by atoms with E-state index >= 15 is 0 Å². The Morgan fingerprint density at radius 2 is 2.21 bits per heavy atom. The summed E-state index contributed by atoms with van der Waals surface area (Å²) >= 11 is 5.97. The van der Waals surface area contributed by atoms with Gasteiger partial charge in [-0.15, -0.1) is 0 Å². The number of benzene rings is 1. The van der Waals surface area contributed by atoms with Crippen molar-refractivity contribution in [1.29, 1.82) is 0 Å². The van der Waals surface area contributed by atoms with Crippen LogP contribution in [-0.2, 0) is 19.6 Å². The first kappa shape index (κ1) is 13.9. The average Bonchev–Trinajstić information content (AvgIpc) is 2.80. The molecule has 5 nitrogen and oxygen atoms in total. The first-order chi connectivity index (χ1) is 9.08. The normalized spacial score (nSPS) is 11.2. The van der Waals surface area contributed by atoms with Crippen LogP contribution < -0.4 is 5.73 Å². The third kappa shape index (κ3) is 3.73. The third-order valence-electron chi connectivity index (χ3n) is 2.55. The summed E-state index contributed by atoms with van der Waals surface area (Å²) in [4.78, 5) is 6.06. The lowest BCUT2D eigenvalue weighted by Crippen LogP contribution is -2.18. The third-order valence-corrected chi connectivity index (χ3v) is 2.90. The van der Waals surface area contributed by atoms with Crippen molar-refractivity contribution in [3.05, 3.63) is 46.3 Å². The minimum Gasteiger partial charge on any atom is -0.338 e. The first-order valence-corrected chi connectivity index (χ1v) is 6.10. The lowest BCUT2D eigenvalue weighted by molar-refractivity contribution is 0.299. The van der Waals surface area contributed by atoms with Gasteiger partial charge in [-0.1, -0.05) is 22.8 Å². The number of hydrogen-bond acceptors (Lipinski definition) is 5. The largest absolute Gasteiger partial charge is 0.338 e. The van der Waals surface area contributed by atoms with Gasteiger partial charge >= 0.3 is 0 Å². The molecule has 2 N–H and O–H groups in total. The van der Waals surface area contributed by atoms with Crippen molar-refractivity contribution in [3.63, 3.8) is 0 Å². The molecule has 0 spiro atoms. The van der Waals surface area contributed by atoms with Crippen LogP contribution in [0, 0.1) is 5.82 Å². The Bertz CT molecular complexity index is 560. The molecule has 0 atom stereocenters. The van der Waals surface area contributed by atoms with Crippen LogP contribution >= 0.6 is 11.6 Å². The van der Waals surface area contributed by atoms with Gasteiger partial charge in [0.2, 0.25) is 5.89 Å². The van der Waals surface area contributed by atoms with Gasteiger partial charge in [0, 0.05) is 11.6 Å². The molecule has 0 radical (unpaired) electrons. The smallest absolute Gasteiger partial charge is 0.240 e. The average molecular weight is 285 g/mol. The molecule has 1 aromatic carbocycles. The minimum absolute atomic E-state index is 0.223. The van der Waals surface area contributed by atoms with E-state index in [1.807, 2.05) is 11.9 Å². The molecule has 0 fully saturated rings. The molecular formula is C12H14ClFN4O. The molecule has 0 aliphatic carbocycles. The number of nitrogens with zero attached hydrogens (tertiary/aromatic N) is 3. The molecule has 2 rings (SSSR count). The number of rotatable bonds is 5. The summed E-state index contributed by atoms with van der Waals surface area (Å²) in [5.41, 5.74) is 6.23. The van der Waals surface area contributed by atoms with Gasteiger partial charge in [0.1, 0.15) is 5.82 Å². The number of hydrogen-bond donors (Lipinski definition) is 1. The zero-order valence-electron chi connectivity index (χ0n) is 10.4. The highest BCUT2D eigenvalue weighted by molar-refractivity contribution is 6.31. The van der Waals surface area contributed by atoms with Crippen molar-refractivity contribution < 1.29 is 8.91 Å². The van der Waals surface area contributed by atoms with Crippen molar-refractivity contribution >= 4 is 11.6 Å². The fourth-order valence-electron chi connectivity index (χ4n) is 1.68. The zero-order chi connectivity index (χ0) is 13.8. The van der Waals surface area contributed by atoms with Gasteiger partial charge in [0.25, 0.3) is 0 Å². The number of nitrogens with two attached hydrogens (primary N) is 1. The molecule has 0 aliphatic rings. The van der Waals surface area contributed by atoms with Crippen LogP contribution in [0.3, 0.4) is 0 Å². The predicted molar refractivity (Wildman–Crippen MR) is 68.8 cm³/mol. The van der Waals surface area contributed by atoms with E-state index in [0.717, 1.165) is 5.56 Å². The van der Waals surface area contributed by atoms with E-state index in [-0.39, 0.29) is 12.4 Å². The Kier molecular flexibility index (Phi) is 4.47. The first-order valence-electron chi connectivity index (χ1n) is 5.72. The quantitative estimate of drug-likeness (QED) is 0.909. The number of aromatic nitrogens is 2. The lowest BCUT2D eigenvalue weighted by Gasteiger charge is -2.15. The molecule has 1 aromatic heterocycles. The van der Waals surface area contributed by atoms with Gasteiger partial charge in [0.05, 0.1) is 13.1 Å². The topological polar surface area (TPSA) is 68.2 Å². The second kappa shape index (κ2) is 6.10. The molecule has 0 unspecified atom stereocenters. The predicted octanol–water partition coefficient (Wildman–Crippen LogP) is 1.95. The Hall–Kier alpha value is -1.50. The highest BCUT2D eigenvalue weighted by Crippen LogP contribution is 2.19. The second-order valence-electron chi connectivity index (χ2n) is 4.22. The van der Waals surface area contributed by atoms with Crippen LogP contribution in [0.15, 0.2) is 22.7 Å². The molecule has 102 valence electrons. The summed E-state index contributed by atoms with van der Waals surface area (Å²) in [7, 11) is 1.89. The van der Waals surface area contributed by atoms with E-state index in [1.54, 1.807) is 6.07 Å². The van der Waals surface area contributed by atoms with E-state index in [9.17, 15) is 4.39 Å². The fourth-order valence-corrected chi connectivity index (χ4v) is 1.90. The highest BCUT2D eigenvalue weighted by atomic mass is 35.5. The van der Waals surface area contributed by atoms with E-state index in [4.69, 9.17) is 21.9 Å². The summed E-state index contributed by atoms with van der Waals surface area (Å²) in [5.74, 6) is 0.617. The lowest BCUT2D eigenvalue weighted by atomic mass is 10.2. The second-order valence-corrected chi connectivity index (χ2v) is 4.62. The van der Waals surface area contributed by atoms with Gasteiger partial charge < -0.3 is 10.3 Å². The summed E-state index contributed by atoms with van der Waals surface area (Å²) in [6.45, 7) is 1.28. The van der Waals surface area contributed by atoms with Crippen molar-refractivity contribution in [3.8, 4) is 0 Å². The van der Waals surface area contributed by atoms with Crippen molar-refractivity contribution in [2.24, 2.45) is 5.73 Å². The maximum absolute atomic E-state index is 12.9. The monoisotopic (exact) mass is 284 g/mol. The molecule has 0 aliphatic heterocycles. The molecule has 7 heteroatoms. The Balaban J connectivity index is 1.98. The SMILES string of the molecule is CN(Cc1noc(CN)n1)Cc1ccc(F)cc1Cl. The Morgan fingerprint density at radius 3 is 2.84 bits per heavy atom. The van der Waals surface area contributed by atoms with Crippen LogP contribution in [0.2, 0.25) is 5.02 Å².